The maximum absolute atomic E-state index is 11.7. The molecule has 2 atom stereocenters. The zero-order valence-electron chi connectivity index (χ0n) is 8.99. The zero-order chi connectivity index (χ0) is 10.3. The van der Waals surface area contributed by atoms with Crippen LogP contribution in [0.15, 0.2) is 12.2 Å². The second kappa shape index (κ2) is 3.01. The molecule has 1 heterocycles. The van der Waals surface area contributed by atoms with Gasteiger partial charge in [-0.2, -0.15) is 0 Å². The van der Waals surface area contributed by atoms with Crippen LogP contribution >= 0.6 is 0 Å². The van der Waals surface area contributed by atoms with E-state index in [1.54, 1.807) is 0 Å². The molecule has 0 aromatic heterocycles. The molecule has 3 nitrogen and oxygen atoms in total. The number of rotatable bonds is 0. The van der Waals surface area contributed by atoms with Gasteiger partial charge in [0.05, 0.1) is 6.04 Å². The third-order valence-electron chi connectivity index (χ3n) is 2.61. The van der Waals surface area contributed by atoms with Crippen LogP contribution in [-0.2, 0) is 4.74 Å². The first-order valence-electron chi connectivity index (χ1n) is 5.14. The summed E-state index contributed by atoms with van der Waals surface area (Å²) in [5, 5.41) is 0. The Balaban J connectivity index is 1.97. The number of ether oxygens (including phenoxy) is 1. The first-order chi connectivity index (χ1) is 6.46. The average molecular weight is 195 g/mol. The lowest BCUT2D eigenvalue weighted by molar-refractivity contribution is 0.0247. The largest absolute Gasteiger partial charge is 0.444 e. The van der Waals surface area contributed by atoms with E-state index in [0.29, 0.717) is 5.92 Å². The fourth-order valence-corrected chi connectivity index (χ4v) is 2.04. The summed E-state index contributed by atoms with van der Waals surface area (Å²) in [6.45, 7) is 6.52. The SMILES string of the molecule is CC(C)(C)OC(=O)N1C[C@H]2C=C[C@H]1C2. The maximum atomic E-state index is 11.7. The number of nitrogens with zero attached hydrogens (tertiary/aromatic N) is 1. The van der Waals surface area contributed by atoms with Crippen molar-refractivity contribution < 1.29 is 9.53 Å². The van der Waals surface area contributed by atoms with Gasteiger partial charge in [0.25, 0.3) is 0 Å². The predicted molar refractivity (Wildman–Crippen MR) is 54.0 cm³/mol. The van der Waals surface area contributed by atoms with Crippen LogP contribution in [0.25, 0.3) is 0 Å². The summed E-state index contributed by atoms with van der Waals surface area (Å²) in [5.74, 6) is 0.563. The summed E-state index contributed by atoms with van der Waals surface area (Å²) in [6.07, 6.45) is 5.22. The van der Waals surface area contributed by atoms with Gasteiger partial charge >= 0.3 is 6.09 Å². The lowest BCUT2D eigenvalue weighted by Crippen LogP contribution is -2.40. The van der Waals surface area contributed by atoms with Crippen molar-refractivity contribution in [1.82, 2.24) is 4.90 Å². The van der Waals surface area contributed by atoms with Gasteiger partial charge in [-0.15, -0.1) is 0 Å². The molecule has 0 spiro atoms. The van der Waals surface area contributed by atoms with Gasteiger partial charge in [0.1, 0.15) is 5.60 Å². The molecule has 1 saturated heterocycles. The number of carbonyl (C=O) groups is 1. The van der Waals surface area contributed by atoms with Crippen molar-refractivity contribution in [3.8, 4) is 0 Å². The van der Waals surface area contributed by atoms with Crippen molar-refractivity contribution in [1.29, 1.82) is 0 Å². The Morgan fingerprint density at radius 2 is 2.14 bits per heavy atom. The third kappa shape index (κ3) is 1.76. The highest BCUT2D eigenvalue weighted by Crippen LogP contribution is 2.32. The molecule has 2 rings (SSSR count). The Morgan fingerprint density at radius 1 is 1.43 bits per heavy atom. The van der Waals surface area contributed by atoms with Crippen molar-refractivity contribution in [2.45, 2.75) is 38.8 Å². The Kier molecular flexibility index (Phi) is 2.05. The smallest absolute Gasteiger partial charge is 0.410 e. The van der Waals surface area contributed by atoms with Crippen LogP contribution in [0.3, 0.4) is 0 Å². The van der Waals surface area contributed by atoms with Crippen molar-refractivity contribution in [2.24, 2.45) is 5.92 Å². The fourth-order valence-electron chi connectivity index (χ4n) is 2.04. The standard InChI is InChI=1S/C11H17NO2/c1-11(2,3)14-10(13)12-7-8-4-5-9(12)6-8/h4-5,8-9H,6-7H2,1-3H3/t8-,9-/m0/s1. The van der Waals surface area contributed by atoms with Crippen LogP contribution in [0, 0.1) is 5.92 Å². The lowest BCUT2D eigenvalue weighted by Gasteiger charge is -2.28. The molecule has 1 amide bonds. The second-order valence-corrected chi connectivity index (χ2v) is 5.08. The van der Waals surface area contributed by atoms with Crippen LogP contribution in [0.4, 0.5) is 4.79 Å². The van der Waals surface area contributed by atoms with E-state index >= 15 is 0 Å². The van der Waals surface area contributed by atoms with E-state index in [1.165, 1.54) is 0 Å². The average Bonchev–Trinajstić information content (AvgIpc) is 2.59. The summed E-state index contributed by atoms with van der Waals surface area (Å²) in [6, 6.07) is 0.287. The molecule has 2 aliphatic rings. The van der Waals surface area contributed by atoms with Crippen molar-refractivity contribution in [3.05, 3.63) is 12.2 Å². The van der Waals surface area contributed by atoms with Crippen molar-refractivity contribution >= 4 is 6.09 Å². The molecule has 14 heavy (non-hydrogen) atoms. The topological polar surface area (TPSA) is 29.5 Å². The minimum atomic E-state index is -0.386. The molecule has 1 aliphatic carbocycles. The summed E-state index contributed by atoms with van der Waals surface area (Å²) in [5.41, 5.74) is -0.386. The fraction of sp³-hybridized carbons (Fsp3) is 0.727. The molecule has 1 fully saturated rings. The molecule has 0 aromatic rings. The number of fused-ring (bicyclic) bond motifs is 2. The monoisotopic (exact) mass is 195 g/mol. The van der Waals surface area contributed by atoms with Gasteiger partial charge in [0.15, 0.2) is 0 Å². The molecule has 3 heteroatoms. The number of likely N-dealkylation sites (tertiary alicyclic amines) is 1. The highest BCUT2D eigenvalue weighted by atomic mass is 16.6. The summed E-state index contributed by atoms with van der Waals surface area (Å²) < 4.78 is 5.33. The summed E-state index contributed by atoms with van der Waals surface area (Å²) >= 11 is 0. The van der Waals surface area contributed by atoms with Gasteiger partial charge in [-0.05, 0) is 33.1 Å². The highest BCUT2D eigenvalue weighted by Gasteiger charge is 2.38. The van der Waals surface area contributed by atoms with Crippen LogP contribution in [0.5, 0.6) is 0 Å². The van der Waals surface area contributed by atoms with Crippen molar-refractivity contribution in [2.75, 3.05) is 6.54 Å². The number of hydrogen-bond acceptors (Lipinski definition) is 2. The second-order valence-electron chi connectivity index (χ2n) is 5.08. The molecule has 0 aromatic carbocycles. The van der Waals surface area contributed by atoms with Crippen LogP contribution < -0.4 is 0 Å². The Morgan fingerprint density at radius 3 is 2.57 bits per heavy atom. The van der Waals surface area contributed by atoms with E-state index in [0.717, 1.165) is 13.0 Å². The zero-order valence-corrected chi connectivity index (χ0v) is 8.99. The molecule has 0 unspecified atom stereocenters. The van der Waals surface area contributed by atoms with Gasteiger partial charge in [-0.3, -0.25) is 0 Å². The van der Waals surface area contributed by atoms with E-state index in [4.69, 9.17) is 4.74 Å². The van der Waals surface area contributed by atoms with E-state index in [2.05, 4.69) is 12.2 Å². The van der Waals surface area contributed by atoms with Gasteiger partial charge in [-0.1, -0.05) is 12.2 Å². The summed E-state index contributed by atoms with van der Waals surface area (Å²) in [7, 11) is 0. The molecular weight excluding hydrogens is 178 g/mol. The minimum absolute atomic E-state index is 0.172. The lowest BCUT2D eigenvalue weighted by atomic mass is 10.2. The van der Waals surface area contributed by atoms with Crippen LogP contribution in [0.1, 0.15) is 27.2 Å². The van der Waals surface area contributed by atoms with E-state index in [9.17, 15) is 4.79 Å². The maximum Gasteiger partial charge on any atom is 0.410 e. The van der Waals surface area contributed by atoms with Crippen LogP contribution in [-0.4, -0.2) is 29.2 Å². The molecule has 78 valence electrons. The minimum Gasteiger partial charge on any atom is -0.444 e. The first kappa shape index (κ1) is 9.56. The first-order valence-corrected chi connectivity index (χ1v) is 5.14. The Bertz CT molecular complexity index is 278. The van der Waals surface area contributed by atoms with E-state index in [-0.39, 0.29) is 17.7 Å². The Labute approximate surface area is 84.7 Å². The Hall–Kier alpha value is -0.990. The number of carbonyl (C=O) groups excluding carboxylic acids is 1. The molecule has 0 N–H and O–H groups in total. The number of hydrogen-bond donors (Lipinski definition) is 0. The van der Waals surface area contributed by atoms with Gasteiger partial charge < -0.3 is 9.64 Å². The summed E-state index contributed by atoms with van der Waals surface area (Å²) in [4.78, 5) is 13.5. The molecule has 0 radical (unpaired) electrons. The molecule has 2 bridgehead atoms. The van der Waals surface area contributed by atoms with E-state index < -0.39 is 0 Å². The van der Waals surface area contributed by atoms with E-state index in [1.807, 2.05) is 25.7 Å². The van der Waals surface area contributed by atoms with Gasteiger partial charge in [-0.25, -0.2) is 4.79 Å². The molecule has 1 aliphatic heterocycles. The van der Waals surface area contributed by atoms with Gasteiger partial charge in [0.2, 0.25) is 0 Å². The van der Waals surface area contributed by atoms with Gasteiger partial charge in [0, 0.05) is 6.54 Å². The normalized spacial score (nSPS) is 29.8. The highest BCUT2D eigenvalue weighted by molar-refractivity contribution is 5.69. The van der Waals surface area contributed by atoms with Crippen LogP contribution in [0.2, 0.25) is 0 Å². The van der Waals surface area contributed by atoms with Crippen molar-refractivity contribution in [3.63, 3.8) is 0 Å². The third-order valence-corrected chi connectivity index (χ3v) is 2.61. The predicted octanol–water partition coefficient (Wildman–Crippen LogP) is 2.18. The molecular formula is C11H17NO2. The number of amides is 1. The quantitative estimate of drug-likeness (QED) is 0.554. The molecule has 0 saturated carbocycles.